The SMILES string of the molecule is CCCCCCC(=O)OCCCOc1ccc(-c2ccc(C(=O)Oc3ccc(C(=O)OC(C)CCCCCC)cc3)cc2)cc1. The first-order chi connectivity index (χ1) is 21.9. The van der Waals surface area contributed by atoms with Gasteiger partial charge in [0.05, 0.1) is 30.4 Å². The first-order valence-electron chi connectivity index (χ1n) is 16.4. The van der Waals surface area contributed by atoms with E-state index in [2.05, 4.69) is 13.8 Å². The Bertz CT molecular complexity index is 1300. The summed E-state index contributed by atoms with van der Waals surface area (Å²) < 4.78 is 22.1. The van der Waals surface area contributed by atoms with Gasteiger partial charge in [0.25, 0.3) is 0 Å². The minimum Gasteiger partial charge on any atom is -0.493 e. The zero-order valence-electron chi connectivity index (χ0n) is 27.1. The van der Waals surface area contributed by atoms with Crippen LogP contribution in [0.4, 0.5) is 0 Å². The third-order valence-electron chi connectivity index (χ3n) is 7.44. The lowest BCUT2D eigenvalue weighted by molar-refractivity contribution is -0.144. The quantitative estimate of drug-likeness (QED) is 0.0710. The normalized spacial score (nSPS) is 11.4. The highest BCUT2D eigenvalue weighted by molar-refractivity contribution is 5.92. The van der Waals surface area contributed by atoms with Gasteiger partial charge in [0.1, 0.15) is 11.5 Å². The van der Waals surface area contributed by atoms with Crippen molar-refractivity contribution in [1.29, 1.82) is 0 Å². The molecule has 3 aromatic rings. The highest BCUT2D eigenvalue weighted by atomic mass is 16.5. The van der Waals surface area contributed by atoms with Crippen LogP contribution in [0.3, 0.4) is 0 Å². The van der Waals surface area contributed by atoms with Crippen LogP contribution in [0.2, 0.25) is 0 Å². The van der Waals surface area contributed by atoms with Crippen molar-refractivity contribution in [1.82, 2.24) is 0 Å². The summed E-state index contributed by atoms with van der Waals surface area (Å²) in [5.74, 6) is 0.0896. The molecule has 7 heteroatoms. The third-order valence-corrected chi connectivity index (χ3v) is 7.44. The van der Waals surface area contributed by atoms with Crippen molar-refractivity contribution in [2.75, 3.05) is 13.2 Å². The predicted molar refractivity (Wildman–Crippen MR) is 177 cm³/mol. The molecule has 0 fully saturated rings. The number of ether oxygens (including phenoxy) is 4. The summed E-state index contributed by atoms with van der Waals surface area (Å²) in [6.07, 6.45) is 10.6. The summed E-state index contributed by atoms with van der Waals surface area (Å²) >= 11 is 0. The zero-order valence-corrected chi connectivity index (χ0v) is 27.1. The molecular formula is C38H48O7. The largest absolute Gasteiger partial charge is 0.493 e. The van der Waals surface area contributed by atoms with Crippen molar-refractivity contribution >= 4 is 17.9 Å². The lowest BCUT2D eigenvalue weighted by Crippen LogP contribution is -2.15. The highest BCUT2D eigenvalue weighted by Crippen LogP contribution is 2.24. The van der Waals surface area contributed by atoms with E-state index in [0.717, 1.165) is 61.8 Å². The summed E-state index contributed by atoms with van der Waals surface area (Å²) in [5, 5.41) is 0. The Labute approximate surface area is 268 Å². The lowest BCUT2D eigenvalue weighted by atomic mass is 10.0. The molecule has 0 saturated heterocycles. The summed E-state index contributed by atoms with van der Waals surface area (Å²) in [5.41, 5.74) is 2.77. The molecule has 0 heterocycles. The number of esters is 3. The van der Waals surface area contributed by atoms with Crippen LogP contribution < -0.4 is 9.47 Å². The number of unbranched alkanes of at least 4 members (excludes halogenated alkanes) is 6. The fourth-order valence-electron chi connectivity index (χ4n) is 4.74. The van der Waals surface area contributed by atoms with E-state index in [9.17, 15) is 14.4 Å². The number of benzene rings is 3. The molecule has 3 rings (SSSR count). The van der Waals surface area contributed by atoms with E-state index in [1.54, 1.807) is 36.4 Å². The van der Waals surface area contributed by atoms with Crippen LogP contribution in [0, 0.1) is 0 Å². The maximum Gasteiger partial charge on any atom is 0.343 e. The molecule has 0 amide bonds. The molecule has 0 spiro atoms. The molecule has 45 heavy (non-hydrogen) atoms. The average molecular weight is 617 g/mol. The Hall–Kier alpha value is -4.13. The van der Waals surface area contributed by atoms with Gasteiger partial charge in [-0.2, -0.15) is 0 Å². The van der Waals surface area contributed by atoms with Gasteiger partial charge in [-0.15, -0.1) is 0 Å². The third kappa shape index (κ3) is 13.2. The summed E-state index contributed by atoms with van der Waals surface area (Å²) in [6.45, 7) is 7.05. The lowest BCUT2D eigenvalue weighted by Gasteiger charge is -2.13. The molecule has 242 valence electrons. The Morgan fingerprint density at radius 2 is 1.16 bits per heavy atom. The molecule has 0 aliphatic carbocycles. The average Bonchev–Trinajstić information content (AvgIpc) is 3.05. The van der Waals surface area contributed by atoms with Gasteiger partial charge in [0.15, 0.2) is 0 Å². The summed E-state index contributed by atoms with van der Waals surface area (Å²) in [6, 6.07) is 21.3. The van der Waals surface area contributed by atoms with Gasteiger partial charge in [0.2, 0.25) is 0 Å². The fraction of sp³-hybridized carbons (Fsp3) is 0.447. The minimum atomic E-state index is -0.483. The van der Waals surface area contributed by atoms with E-state index in [4.69, 9.17) is 18.9 Å². The molecule has 0 saturated carbocycles. The fourth-order valence-corrected chi connectivity index (χ4v) is 4.74. The smallest absolute Gasteiger partial charge is 0.343 e. The van der Waals surface area contributed by atoms with E-state index < -0.39 is 5.97 Å². The first-order valence-corrected chi connectivity index (χ1v) is 16.4. The van der Waals surface area contributed by atoms with Crippen molar-refractivity contribution in [3.05, 3.63) is 83.9 Å². The van der Waals surface area contributed by atoms with Crippen molar-refractivity contribution < 1.29 is 33.3 Å². The molecule has 0 bridgehead atoms. The molecule has 1 unspecified atom stereocenters. The molecule has 1 atom stereocenters. The summed E-state index contributed by atoms with van der Waals surface area (Å²) in [4.78, 5) is 36.9. The van der Waals surface area contributed by atoms with Crippen molar-refractivity contribution in [2.45, 2.75) is 97.5 Å². The van der Waals surface area contributed by atoms with Gasteiger partial charge < -0.3 is 18.9 Å². The Kier molecular flexibility index (Phi) is 15.7. The number of carbonyl (C=O) groups is 3. The van der Waals surface area contributed by atoms with Crippen LogP contribution in [0.1, 0.15) is 112 Å². The molecule has 0 N–H and O–H groups in total. The second-order valence-electron chi connectivity index (χ2n) is 11.3. The maximum absolute atomic E-state index is 12.7. The first kappa shape index (κ1) is 35.4. The van der Waals surface area contributed by atoms with Crippen LogP contribution in [-0.2, 0) is 14.3 Å². The molecule has 0 aliphatic rings. The van der Waals surface area contributed by atoms with Crippen molar-refractivity contribution in [3.63, 3.8) is 0 Å². The zero-order chi connectivity index (χ0) is 32.3. The van der Waals surface area contributed by atoms with Crippen LogP contribution in [0.5, 0.6) is 11.5 Å². The maximum atomic E-state index is 12.7. The van der Waals surface area contributed by atoms with Crippen LogP contribution in [0.25, 0.3) is 11.1 Å². The molecule has 3 aromatic carbocycles. The van der Waals surface area contributed by atoms with Crippen molar-refractivity contribution in [2.24, 2.45) is 0 Å². The van der Waals surface area contributed by atoms with E-state index >= 15 is 0 Å². The Morgan fingerprint density at radius 3 is 1.80 bits per heavy atom. The van der Waals surface area contributed by atoms with Gasteiger partial charge in [-0.05, 0) is 85.8 Å². The number of hydrogen-bond donors (Lipinski definition) is 0. The van der Waals surface area contributed by atoms with E-state index in [-0.39, 0.29) is 18.0 Å². The topological polar surface area (TPSA) is 88.1 Å². The van der Waals surface area contributed by atoms with Crippen LogP contribution in [0.15, 0.2) is 72.8 Å². The van der Waals surface area contributed by atoms with E-state index in [1.807, 2.05) is 43.3 Å². The van der Waals surface area contributed by atoms with Gasteiger partial charge in [-0.3, -0.25) is 4.79 Å². The van der Waals surface area contributed by atoms with Gasteiger partial charge in [-0.25, -0.2) is 9.59 Å². The molecule has 0 aromatic heterocycles. The van der Waals surface area contributed by atoms with E-state index in [1.165, 1.54) is 12.8 Å². The highest BCUT2D eigenvalue weighted by Gasteiger charge is 2.14. The number of carbonyl (C=O) groups excluding carboxylic acids is 3. The standard InChI is InChI=1S/C38H48O7/c1-4-6-8-10-13-29(3)44-37(40)33-21-25-35(26-22-33)45-38(41)32-17-15-30(16-18-32)31-19-23-34(24-20-31)42-27-12-28-43-36(39)14-11-9-7-5-2/h15-26,29H,4-14,27-28H2,1-3H3. The van der Waals surface area contributed by atoms with Gasteiger partial charge >= 0.3 is 17.9 Å². The number of hydrogen-bond acceptors (Lipinski definition) is 7. The Balaban J connectivity index is 1.40. The molecule has 0 aliphatic heterocycles. The Morgan fingerprint density at radius 1 is 0.600 bits per heavy atom. The molecule has 0 radical (unpaired) electrons. The number of rotatable bonds is 20. The molecular weight excluding hydrogens is 568 g/mol. The predicted octanol–water partition coefficient (Wildman–Crippen LogP) is 9.37. The second kappa shape index (κ2) is 20.0. The van der Waals surface area contributed by atoms with Gasteiger partial charge in [0, 0.05) is 12.8 Å². The molecule has 7 nitrogen and oxygen atoms in total. The second-order valence-corrected chi connectivity index (χ2v) is 11.3. The van der Waals surface area contributed by atoms with Gasteiger partial charge in [-0.1, -0.05) is 76.6 Å². The van der Waals surface area contributed by atoms with Crippen molar-refractivity contribution in [3.8, 4) is 22.6 Å². The van der Waals surface area contributed by atoms with E-state index in [0.29, 0.717) is 42.9 Å². The van der Waals surface area contributed by atoms with Crippen LogP contribution >= 0.6 is 0 Å². The van der Waals surface area contributed by atoms with Crippen LogP contribution in [-0.4, -0.2) is 37.2 Å². The summed E-state index contributed by atoms with van der Waals surface area (Å²) in [7, 11) is 0. The minimum absolute atomic E-state index is 0.138. The monoisotopic (exact) mass is 616 g/mol.